The maximum Gasteiger partial charge on any atom is 0.345 e. The SMILES string of the molecule is CCC(CC)(CC)NCc1ccc(C(=O)O)s1. The van der Waals surface area contributed by atoms with E-state index in [1.54, 1.807) is 6.07 Å². The fourth-order valence-corrected chi connectivity index (χ4v) is 2.77. The third-order valence-corrected chi connectivity index (χ3v) is 4.61. The van der Waals surface area contributed by atoms with Crippen LogP contribution in [0.1, 0.15) is 54.6 Å². The van der Waals surface area contributed by atoms with Gasteiger partial charge < -0.3 is 10.4 Å². The number of carboxylic acids is 1. The number of hydrogen-bond acceptors (Lipinski definition) is 3. The Kier molecular flexibility index (Phi) is 5.15. The van der Waals surface area contributed by atoms with E-state index in [1.807, 2.05) is 6.07 Å². The van der Waals surface area contributed by atoms with Crippen LogP contribution >= 0.6 is 11.3 Å². The molecule has 0 aliphatic rings. The predicted molar refractivity (Wildman–Crippen MR) is 71.7 cm³/mol. The van der Waals surface area contributed by atoms with Crippen molar-refractivity contribution in [3.05, 3.63) is 21.9 Å². The van der Waals surface area contributed by atoms with Crippen LogP contribution in [0.4, 0.5) is 0 Å². The third-order valence-electron chi connectivity index (χ3n) is 3.54. The van der Waals surface area contributed by atoms with Gasteiger partial charge in [0.1, 0.15) is 4.88 Å². The molecule has 0 radical (unpaired) electrons. The zero-order valence-electron chi connectivity index (χ0n) is 10.7. The normalized spacial score (nSPS) is 11.7. The third kappa shape index (κ3) is 3.54. The van der Waals surface area contributed by atoms with Crippen molar-refractivity contribution in [3.8, 4) is 0 Å². The van der Waals surface area contributed by atoms with E-state index in [9.17, 15) is 4.79 Å². The van der Waals surface area contributed by atoms with Gasteiger partial charge in [-0.1, -0.05) is 20.8 Å². The van der Waals surface area contributed by atoms with Crippen LogP contribution < -0.4 is 5.32 Å². The van der Waals surface area contributed by atoms with Gasteiger partial charge in [-0.05, 0) is 31.4 Å². The summed E-state index contributed by atoms with van der Waals surface area (Å²) in [5.41, 5.74) is 0.188. The molecule has 2 N–H and O–H groups in total. The highest BCUT2D eigenvalue weighted by Gasteiger charge is 2.22. The van der Waals surface area contributed by atoms with Crippen molar-refractivity contribution in [2.75, 3.05) is 0 Å². The number of nitrogens with one attached hydrogen (secondary N) is 1. The van der Waals surface area contributed by atoms with Crippen molar-refractivity contribution in [1.29, 1.82) is 0 Å². The number of aromatic carboxylic acids is 1. The van der Waals surface area contributed by atoms with E-state index in [4.69, 9.17) is 5.11 Å². The van der Waals surface area contributed by atoms with Crippen LogP contribution in [-0.4, -0.2) is 16.6 Å². The number of carboxylic acid groups (broad SMARTS) is 1. The molecule has 1 heterocycles. The Balaban J connectivity index is 2.62. The summed E-state index contributed by atoms with van der Waals surface area (Å²) < 4.78 is 0. The minimum absolute atomic E-state index is 0.188. The Hall–Kier alpha value is -0.870. The molecule has 0 aliphatic heterocycles. The summed E-state index contributed by atoms with van der Waals surface area (Å²) in [5.74, 6) is -0.839. The average molecular weight is 255 g/mol. The van der Waals surface area contributed by atoms with Gasteiger partial charge in [0, 0.05) is 17.0 Å². The quantitative estimate of drug-likeness (QED) is 0.784. The van der Waals surface area contributed by atoms with E-state index in [-0.39, 0.29) is 5.54 Å². The summed E-state index contributed by atoms with van der Waals surface area (Å²) in [6.07, 6.45) is 3.28. The fourth-order valence-electron chi connectivity index (χ4n) is 1.99. The average Bonchev–Trinajstić information content (AvgIpc) is 2.81. The van der Waals surface area contributed by atoms with Crippen LogP contribution in [0.2, 0.25) is 0 Å². The van der Waals surface area contributed by atoms with Gasteiger partial charge in [0.15, 0.2) is 0 Å². The number of rotatable bonds is 7. The zero-order valence-corrected chi connectivity index (χ0v) is 11.6. The van der Waals surface area contributed by atoms with Gasteiger partial charge in [0.05, 0.1) is 0 Å². The molecule has 0 bridgehead atoms. The fraction of sp³-hybridized carbons (Fsp3) is 0.615. The van der Waals surface area contributed by atoms with Crippen LogP contribution in [-0.2, 0) is 6.54 Å². The first-order valence-electron chi connectivity index (χ1n) is 6.14. The molecule has 3 nitrogen and oxygen atoms in total. The van der Waals surface area contributed by atoms with Crippen molar-refractivity contribution in [2.45, 2.75) is 52.1 Å². The van der Waals surface area contributed by atoms with Gasteiger partial charge in [-0.15, -0.1) is 11.3 Å². The van der Waals surface area contributed by atoms with Gasteiger partial charge in [-0.2, -0.15) is 0 Å². The standard InChI is InChI=1S/C13H21NO2S/c1-4-13(5-2,6-3)14-9-10-7-8-11(17-10)12(15)16/h7-8,14H,4-6,9H2,1-3H3,(H,15,16). The maximum absolute atomic E-state index is 10.8. The predicted octanol–water partition coefficient (Wildman–Crippen LogP) is 3.50. The Bertz CT molecular complexity index is 361. The minimum atomic E-state index is -0.839. The summed E-state index contributed by atoms with van der Waals surface area (Å²) >= 11 is 1.35. The van der Waals surface area contributed by atoms with Crippen molar-refractivity contribution < 1.29 is 9.90 Å². The van der Waals surface area contributed by atoms with E-state index in [2.05, 4.69) is 26.1 Å². The van der Waals surface area contributed by atoms with Crippen molar-refractivity contribution in [1.82, 2.24) is 5.32 Å². The zero-order chi connectivity index (χ0) is 12.9. The van der Waals surface area contributed by atoms with Gasteiger partial charge >= 0.3 is 5.97 Å². The molecule has 0 aliphatic carbocycles. The Morgan fingerprint density at radius 1 is 1.29 bits per heavy atom. The monoisotopic (exact) mass is 255 g/mol. The van der Waals surface area contributed by atoms with Crippen LogP contribution in [0.25, 0.3) is 0 Å². The van der Waals surface area contributed by atoms with Crippen molar-refractivity contribution in [2.24, 2.45) is 0 Å². The second-order valence-electron chi connectivity index (χ2n) is 4.27. The van der Waals surface area contributed by atoms with Gasteiger partial charge in [-0.3, -0.25) is 0 Å². The lowest BCUT2D eigenvalue weighted by molar-refractivity contribution is 0.0702. The molecule has 0 fully saturated rings. The van der Waals surface area contributed by atoms with Crippen LogP contribution in [0, 0.1) is 0 Å². The summed E-state index contributed by atoms with van der Waals surface area (Å²) in [5, 5.41) is 12.4. The topological polar surface area (TPSA) is 49.3 Å². The van der Waals surface area contributed by atoms with Crippen molar-refractivity contribution >= 4 is 17.3 Å². The Morgan fingerprint density at radius 3 is 2.29 bits per heavy atom. The molecule has 0 amide bonds. The number of hydrogen-bond donors (Lipinski definition) is 2. The lowest BCUT2D eigenvalue weighted by Gasteiger charge is -2.31. The van der Waals surface area contributed by atoms with Crippen molar-refractivity contribution in [3.63, 3.8) is 0 Å². The number of thiophene rings is 1. The molecule has 0 saturated heterocycles. The number of carbonyl (C=O) groups is 1. The molecular weight excluding hydrogens is 234 g/mol. The van der Waals surface area contributed by atoms with Crippen LogP contribution in [0.3, 0.4) is 0 Å². The molecule has 0 atom stereocenters. The largest absolute Gasteiger partial charge is 0.477 e. The second kappa shape index (κ2) is 6.17. The summed E-state index contributed by atoms with van der Waals surface area (Å²) in [6, 6.07) is 3.57. The molecule has 4 heteroatoms. The first kappa shape index (κ1) is 14.2. The molecule has 1 aromatic rings. The molecule has 17 heavy (non-hydrogen) atoms. The van der Waals surface area contributed by atoms with Gasteiger partial charge in [-0.25, -0.2) is 4.79 Å². The Labute approximate surface area is 107 Å². The van der Waals surface area contributed by atoms with E-state index in [0.717, 1.165) is 30.7 Å². The van der Waals surface area contributed by atoms with Gasteiger partial charge in [0.25, 0.3) is 0 Å². The molecule has 0 unspecified atom stereocenters. The summed E-state index contributed by atoms with van der Waals surface area (Å²) in [7, 11) is 0. The van der Waals surface area contributed by atoms with Gasteiger partial charge in [0.2, 0.25) is 0 Å². The molecule has 1 aromatic heterocycles. The molecule has 96 valence electrons. The highest BCUT2D eigenvalue weighted by molar-refractivity contribution is 7.13. The lowest BCUT2D eigenvalue weighted by atomic mass is 9.90. The molecule has 0 saturated carbocycles. The lowest BCUT2D eigenvalue weighted by Crippen LogP contribution is -2.42. The maximum atomic E-state index is 10.8. The van der Waals surface area contributed by atoms with E-state index in [0.29, 0.717) is 4.88 Å². The first-order valence-corrected chi connectivity index (χ1v) is 6.95. The van der Waals surface area contributed by atoms with E-state index < -0.39 is 5.97 Å². The summed E-state index contributed by atoms with van der Waals surface area (Å²) in [4.78, 5) is 12.3. The molecule has 0 spiro atoms. The van der Waals surface area contributed by atoms with Crippen LogP contribution in [0.15, 0.2) is 12.1 Å². The highest BCUT2D eigenvalue weighted by atomic mass is 32.1. The summed E-state index contributed by atoms with van der Waals surface area (Å²) in [6.45, 7) is 7.33. The molecule has 0 aromatic carbocycles. The van der Waals surface area contributed by atoms with E-state index >= 15 is 0 Å². The van der Waals surface area contributed by atoms with Crippen LogP contribution in [0.5, 0.6) is 0 Å². The molecular formula is C13H21NO2S. The Morgan fingerprint density at radius 2 is 1.88 bits per heavy atom. The minimum Gasteiger partial charge on any atom is -0.477 e. The molecule has 1 rings (SSSR count). The second-order valence-corrected chi connectivity index (χ2v) is 5.43. The van der Waals surface area contributed by atoms with E-state index in [1.165, 1.54) is 11.3 Å². The highest BCUT2D eigenvalue weighted by Crippen LogP contribution is 2.22. The smallest absolute Gasteiger partial charge is 0.345 e. The first-order chi connectivity index (χ1) is 8.06.